The van der Waals surface area contributed by atoms with Crippen LogP contribution >= 0.6 is 0 Å². The van der Waals surface area contributed by atoms with Gasteiger partial charge in [0.25, 0.3) is 5.91 Å². The van der Waals surface area contributed by atoms with Gasteiger partial charge in [-0.05, 0) is 39.1 Å². The van der Waals surface area contributed by atoms with Crippen molar-refractivity contribution in [3.63, 3.8) is 0 Å². The van der Waals surface area contributed by atoms with Crippen LogP contribution in [0.15, 0.2) is 66.7 Å². The van der Waals surface area contributed by atoms with E-state index in [1.54, 1.807) is 6.07 Å². The number of hydrogen-bond donors (Lipinski definition) is 3. The summed E-state index contributed by atoms with van der Waals surface area (Å²) in [5, 5.41) is 26.8. The van der Waals surface area contributed by atoms with E-state index < -0.39 is 35.7 Å². The summed E-state index contributed by atoms with van der Waals surface area (Å²) in [4.78, 5) is 12.7. The summed E-state index contributed by atoms with van der Waals surface area (Å²) in [6.07, 6.45) is 0. The van der Waals surface area contributed by atoms with Gasteiger partial charge in [-0.1, -0.05) is 54.6 Å². The SMILES string of the molecule is O=C(Nc1ccc2ccc3cccc4ccc1c2c34)c1ccc(B(O)O)c(F)c1F. The van der Waals surface area contributed by atoms with Crippen LogP contribution in [0.4, 0.5) is 14.5 Å². The Morgan fingerprint density at radius 1 is 0.767 bits per heavy atom. The van der Waals surface area contributed by atoms with Crippen molar-refractivity contribution in [2.24, 2.45) is 0 Å². The van der Waals surface area contributed by atoms with E-state index in [0.717, 1.165) is 44.5 Å². The van der Waals surface area contributed by atoms with Crippen molar-refractivity contribution in [3.05, 3.63) is 83.9 Å². The Kier molecular flexibility index (Phi) is 4.16. The van der Waals surface area contributed by atoms with Crippen LogP contribution in [0.5, 0.6) is 0 Å². The van der Waals surface area contributed by atoms with Gasteiger partial charge >= 0.3 is 7.12 Å². The molecule has 0 aliphatic heterocycles. The van der Waals surface area contributed by atoms with Gasteiger partial charge in [0.2, 0.25) is 0 Å². The highest BCUT2D eigenvalue weighted by atomic mass is 19.2. The zero-order chi connectivity index (χ0) is 21.0. The van der Waals surface area contributed by atoms with Crippen molar-refractivity contribution < 1.29 is 23.6 Å². The topological polar surface area (TPSA) is 69.6 Å². The molecule has 30 heavy (non-hydrogen) atoms. The molecular weight excluding hydrogens is 387 g/mol. The second-order valence-corrected chi connectivity index (χ2v) is 7.13. The first kappa shape index (κ1) is 18.5. The largest absolute Gasteiger partial charge is 0.491 e. The molecule has 0 fully saturated rings. The summed E-state index contributed by atoms with van der Waals surface area (Å²) in [5.74, 6) is -3.73. The maximum atomic E-state index is 14.4. The lowest BCUT2D eigenvalue weighted by atomic mass is 9.79. The van der Waals surface area contributed by atoms with E-state index in [2.05, 4.69) is 5.32 Å². The summed E-state index contributed by atoms with van der Waals surface area (Å²) < 4.78 is 28.4. The Labute approximate surface area is 169 Å². The predicted molar refractivity (Wildman–Crippen MR) is 114 cm³/mol. The van der Waals surface area contributed by atoms with E-state index in [1.165, 1.54) is 0 Å². The predicted octanol–water partition coefficient (Wildman–Crippen LogP) is 3.79. The standard InChI is InChI=1S/C23H14BF2NO3/c25-21-16(9-10-17(22(21)26)24(29)30)23(28)27-18-11-7-14-5-4-12-2-1-3-13-6-8-15(18)20(14)19(12)13/h1-11,29-30H,(H,27,28). The number of nitrogens with one attached hydrogen (secondary N) is 1. The van der Waals surface area contributed by atoms with Crippen LogP contribution in [-0.4, -0.2) is 23.1 Å². The van der Waals surface area contributed by atoms with Crippen molar-refractivity contribution in [3.8, 4) is 0 Å². The van der Waals surface area contributed by atoms with Crippen LogP contribution in [0.2, 0.25) is 0 Å². The van der Waals surface area contributed by atoms with Crippen molar-refractivity contribution in [1.82, 2.24) is 0 Å². The summed E-state index contributed by atoms with van der Waals surface area (Å²) in [6.45, 7) is 0. The lowest BCUT2D eigenvalue weighted by molar-refractivity contribution is 0.102. The number of rotatable bonds is 3. The molecule has 0 saturated carbocycles. The lowest BCUT2D eigenvalue weighted by Gasteiger charge is -2.15. The summed E-state index contributed by atoms with van der Waals surface area (Å²) >= 11 is 0. The van der Waals surface area contributed by atoms with Crippen molar-refractivity contribution in [2.75, 3.05) is 5.32 Å². The number of hydrogen-bond acceptors (Lipinski definition) is 3. The van der Waals surface area contributed by atoms with Gasteiger partial charge in [-0.3, -0.25) is 4.79 Å². The first-order chi connectivity index (χ1) is 14.5. The molecule has 146 valence electrons. The molecule has 0 aliphatic rings. The van der Waals surface area contributed by atoms with Crippen LogP contribution in [0.25, 0.3) is 32.3 Å². The molecule has 0 spiro atoms. The van der Waals surface area contributed by atoms with E-state index >= 15 is 0 Å². The van der Waals surface area contributed by atoms with Gasteiger partial charge in [0.15, 0.2) is 11.6 Å². The molecule has 0 unspecified atom stereocenters. The third kappa shape index (κ3) is 2.71. The molecule has 0 radical (unpaired) electrons. The third-order valence-electron chi connectivity index (χ3n) is 5.41. The van der Waals surface area contributed by atoms with Crippen LogP contribution in [-0.2, 0) is 0 Å². The minimum atomic E-state index is -2.17. The molecule has 5 rings (SSSR count). The molecule has 4 nitrogen and oxygen atoms in total. The van der Waals surface area contributed by atoms with Gasteiger partial charge in [0, 0.05) is 16.5 Å². The van der Waals surface area contributed by atoms with Crippen molar-refractivity contribution in [1.29, 1.82) is 0 Å². The first-order valence-corrected chi connectivity index (χ1v) is 9.27. The molecule has 5 aromatic carbocycles. The normalized spacial score (nSPS) is 11.5. The highest BCUT2D eigenvalue weighted by Gasteiger charge is 2.24. The van der Waals surface area contributed by atoms with Crippen LogP contribution < -0.4 is 10.8 Å². The summed E-state index contributed by atoms with van der Waals surface area (Å²) in [7, 11) is -2.17. The molecule has 0 aliphatic carbocycles. The van der Waals surface area contributed by atoms with Gasteiger partial charge in [-0.25, -0.2) is 8.78 Å². The number of carbonyl (C=O) groups is 1. The Hall–Kier alpha value is -3.55. The third-order valence-corrected chi connectivity index (χ3v) is 5.41. The monoisotopic (exact) mass is 401 g/mol. The van der Waals surface area contributed by atoms with Gasteiger partial charge in [-0.2, -0.15) is 0 Å². The fourth-order valence-electron chi connectivity index (χ4n) is 3.97. The highest BCUT2D eigenvalue weighted by Crippen LogP contribution is 2.37. The molecule has 3 N–H and O–H groups in total. The van der Waals surface area contributed by atoms with Gasteiger partial charge in [-0.15, -0.1) is 0 Å². The van der Waals surface area contributed by atoms with E-state index in [9.17, 15) is 13.6 Å². The average molecular weight is 401 g/mol. The van der Waals surface area contributed by atoms with E-state index in [1.807, 2.05) is 48.5 Å². The van der Waals surface area contributed by atoms with Gasteiger partial charge in [0.05, 0.1) is 5.56 Å². The molecule has 0 saturated heterocycles. The fourth-order valence-corrected chi connectivity index (χ4v) is 3.97. The fraction of sp³-hybridized carbons (Fsp3) is 0. The molecule has 1 amide bonds. The molecule has 0 atom stereocenters. The maximum Gasteiger partial charge on any atom is 0.491 e. The van der Waals surface area contributed by atoms with Crippen LogP contribution in [0.3, 0.4) is 0 Å². The quantitative estimate of drug-likeness (QED) is 0.318. The number of halogens is 2. The molecular formula is C23H14BF2NO3. The Morgan fingerprint density at radius 3 is 2.10 bits per heavy atom. The van der Waals surface area contributed by atoms with Gasteiger partial charge < -0.3 is 15.4 Å². The number of anilines is 1. The second kappa shape index (κ2) is 6.76. The summed E-state index contributed by atoms with van der Waals surface area (Å²) in [5.41, 5.74) is -0.689. The Morgan fingerprint density at radius 2 is 1.40 bits per heavy atom. The number of amides is 1. The average Bonchev–Trinajstić information content (AvgIpc) is 2.74. The maximum absolute atomic E-state index is 14.4. The van der Waals surface area contributed by atoms with E-state index in [0.29, 0.717) is 5.69 Å². The Balaban J connectivity index is 1.62. The number of carbonyl (C=O) groups excluding carboxylic acids is 1. The van der Waals surface area contributed by atoms with Crippen LogP contribution in [0, 0.1) is 11.6 Å². The van der Waals surface area contributed by atoms with Crippen molar-refractivity contribution in [2.45, 2.75) is 0 Å². The molecule has 0 aromatic heterocycles. The number of benzene rings is 5. The molecule has 0 heterocycles. The zero-order valence-corrected chi connectivity index (χ0v) is 15.5. The second-order valence-electron chi connectivity index (χ2n) is 7.13. The highest BCUT2D eigenvalue weighted by molar-refractivity contribution is 6.58. The molecule has 7 heteroatoms. The molecule has 5 aromatic rings. The van der Waals surface area contributed by atoms with E-state index in [-0.39, 0.29) is 0 Å². The lowest BCUT2D eigenvalue weighted by Crippen LogP contribution is -2.34. The smallest absolute Gasteiger partial charge is 0.423 e. The zero-order valence-electron chi connectivity index (χ0n) is 15.5. The minimum absolute atomic E-state index is 0.469. The van der Waals surface area contributed by atoms with E-state index in [4.69, 9.17) is 10.0 Å². The Bertz CT molecular complexity index is 1440. The van der Waals surface area contributed by atoms with Gasteiger partial charge in [0.1, 0.15) is 0 Å². The minimum Gasteiger partial charge on any atom is -0.423 e. The van der Waals surface area contributed by atoms with Crippen molar-refractivity contribution >= 4 is 56.5 Å². The molecule has 0 bridgehead atoms. The van der Waals surface area contributed by atoms with Crippen LogP contribution in [0.1, 0.15) is 10.4 Å². The first-order valence-electron chi connectivity index (χ1n) is 9.27. The summed E-state index contributed by atoms with van der Waals surface area (Å²) in [6, 6.07) is 19.5.